The molecule has 1 saturated heterocycles. The van der Waals surface area contributed by atoms with Gasteiger partial charge in [-0.2, -0.15) is 0 Å². The number of aromatic nitrogens is 1. The smallest absolute Gasteiger partial charge is 0.123 e. The summed E-state index contributed by atoms with van der Waals surface area (Å²) in [5, 5.41) is 11.9. The molecule has 2 heterocycles. The summed E-state index contributed by atoms with van der Waals surface area (Å²) in [6.07, 6.45) is 0.467. The Morgan fingerprint density at radius 1 is 1.04 bits per heavy atom. The number of nitrogens with zero attached hydrogens (tertiary/aromatic N) is 2. The van der Waals surface area contributed by atoms with Crippen LogP contribution in [0.3, 0.4) is 0 Å². The van der Waals surface area contributed by atoms with E-state index in [9.17, 15) is 13.9 Å². The molecule has 25 heavy (non-hydrogen) atoms. The molecule has 0 spiro atoms. The molecule has 0 radical (unpaired) electrons. The van der Waals surface area contributed by atoms with Crippen molar-refractivity contribution in [2.45, 2.75) is 19.1 Å². The average molecular weight is 363 g/mol. The monoisotopic (exact) mass is 363 g/mol. The fourth-order valence-electron chi connectivity index (χ4n) is 3.39. The highest BCUT2D eigenvalue weighted by Gasteiger charge is 2.19. The molecule has 2 N–H and O–H groups in total. The zero-order chi connectivity index (χ0) is 17.4. The normalized spacial score (nSPS) is 17.4. The van der Waals surface area contributed by atoms with Crippen molar-refractivity contribution in [1.82, 2.24) is 13.6 Å². The lowest BCUT2D eigenvalue weighted by Crippen LogP contribution is -2.37. The standard InChI is InChI=1S/C18H19F2N3OS/c19-12-2-4-17-15(8-12)16-9-13(20)3-5-18(16)23(17)11-14(24)10-22-7-1-6-21-25-22/h2-5,8-9,14,21,24H,1,6-7,10-11H2. The van der Waals surface area contributed by atoms with Gasteiger partial charge in [0, 0.05) is 53.6 Å². The fraction of sp³-hybridized carbons (Fsp3) is 0.333. The Kier molecular flexibility index (Phi) is 4.64. The average Bonchev–Trinajstić information content (AvgIpc) is 2.88. The van der Waals surface area contributed by atoms with E-state index in [4.69, 9.17) is 0 Å². The van der Waals surface area contributed by atoms with Gasteiger partial charge in [0.15, 0.2) is 0 Å². The van der Waals surface area contributed by atoms with Gasteiger partial charge in [-0.1, -0.05) is 0 Å². The third-order valence-corrected chi connectivity index (χ3v) is 5.40. The maximum atomic E-state index is 13.7. The summed E-state index contributed by atoms with van der Waals surface area (Å²) in [6.45, 7) is 2.80. The lowest BCUT2D eigenvalue weighted by molar-refractivity contribution is 0.132. The van der Waals surface area contributed by atoms with Crippen LogP contribution in [0.4, 0.5) is 8.78 Å². The van der Waals surface area contributed by atoms with Gasteiger partial charge in [-0.15, -0.1) is 0 Å². The number of rotatable bonds is 4. The van der Waals surface area contributed by atoms with Gasteiger partial charge in [-0.25, -0.2) is 13.1 Å². The van der Waals surface area contributed by atoms with Gasteiger partial charge in [-0.3, -0.25) is 4.72 Å². The third-order valence-electron chi connectivity index (χ3n) is 4.48. The minimum Gasteiger partial charge on any atom is -0.390 e. The number of halogens is 2. The molecule has 1 fully saturated rings. The summed E-state index contributed by atoms with van der Waals surface area (Å²) in [6, 6.07) is 9.00. The van der Waals surface area contributed by atoms with Crippen molar-refractivity contribution < 1.29 is 13.9 Å². The third kappa shape index (κ3) is 3.37. The highest BCUT2D eigenvalue weighted by atomic mass is 32.2. The zero-order valence-electron chi connectivity index (χ0n) is 13.6. The van der Waals surface area contributed by atoms with Gasteiger partial charge in [-0.05, 0) is 42.8 Å². The van der Waals surface area contributed by atoms with E-state index in [1.165, 1.54) is 36.4 Å². The Bertz CT molecular complexity index is 849. The molecule has 1 aliphatic heterocycles. The van der Waals surface area contributed by atoms with Crippen molar-refractivity contribution in [3.05, 3.63) is 48.0 Å². The summed E-state index contributed by atoms with van der Waals surface area (Å²) in [4.78, 5) is 0. The number of hydrogen-bond donors (Lipinski definition) is 2. The molecule has 1 unspecified atom stereocenters. The number of fused-ring (bicyclic) bond motifs is 3. The summed E-state index contributed by atoms with van der Waals surface area (Å²) in [5.41, 5.74) is 1.59. The van der Waals surface area contributed by atoms with E-state index in [1.807, 2.05) is 4.57 Å². The van der Waals surface area contributed by atoms with Crippen LogP contribution in [0, 0.1) is 11.6 Å². The second-order valence-corrected chi connectivity index (χ2v) is 7.30. The second kappa shape index (κ2) is 6.92. The molecule has 0 aliphatic carbocycles. The van der Waals surface area contributed by atoms with E-state index in [2.05, 4.69) is 9.03 Å². The van der Waals surface area contributed by atoms with Gasteiger partial charge in [0.2, 0.25) is 0 Å². The van der Waals surface area contributed by atoms with Crippen LogP contribution in [-0.4, -0.2) is 39.7 Å². The topological polar surface area (TPSA) is 40.4 Å². The molecule has 7 heteroatoms. The Morgan fingerprint density at radius 2 is 1.68 bits per heavy atom. The van der Waals surface area contributed by atoms with Crippen LogP contribution in [0.1, 0.15) is 6.42 Å². The quantitative estimate of drug-likeness (QED) is 0.698. The first-order valence-corrected chi connectivity index (χ1v) is 9.09. The summed E-state index contributed by atoms with van der Waals surface area (Å²) in [5.74, 6) is -0.709. The van der Waals surface area contributed by atoms with Crippen LogP contribution in [0.25, 0.3) is 21.8 Å². The van der Waals surface area contributed by atoms with Crippen molar-refractivity contribution in [3.8, 4) is 0 Å². The Labute approximate surface area is 148 Å². The summed E-state index contributed by atoms with van der Waals surface area (Å²) < 4.78 is 34.6. The molecular formula is C18H19F2N3OS. The minimum atomic E-state index is -0.582. The van der Waals surface area contributed by atoms with E-state index < -0.39 is 6.10 Å². The lowest BCUT2D eigenvalue weighted by Gasteiger charge is -2.27. The summed E-state index contributed by atoms with van der Waals surface area (Å²) >= 11 is 1.53. The predicted octanol–water partition coefficient (Wildman–Crippen LogP) is 3.29. The van der Waals surface area contributed by atoms with E-state index in [1.54, 1.807) is 12.1 Å². The number of aliphatic hydroxyl groups excluding tert-OH is 1. The number of hydrogen-bond acceptors (Lipinski definition) is 4. The Hall–Kier alpha value is -1.67. The van der Waals surface area contributed by atoms with Gasteiger partial charge < -0.3 is 9.67 Å². The Balaban J connectivity index is 1.69. The first-order valence-electron chi connectivity index (χ1n) is 8.31. The van der Waals surface area contributed by atoms with Crippen LogP contribution in [0.2, 0.25) is 0 Å². The van der Waals surface area contributed by atoms with Crippen molar-refractivity contribution in [2.24, 2.45) is 0 Å². The maximum absolute atomic E-state index is 13.7. The Morgan fingerprint density at radius 3 is 2.24 bits per heavy atom. The van der Waals surface area contributed by atoms with E-state index >= 15 is 0 Å². The van der Waals surface area contributed by atoms with Crippen LogP contribution >= 0.6 is 12.1 Å². The molecule has 1 atom stereocenters. The highest BCUT2D eigenvalue weighted by molar-refractivity contribution is 7.95. The van der Waals surface area contributed by atoms with Gasteiger partial charge in [0.25, 0.3) is 0 Å². The molecule has 3 aromatic rings. The molecule has 0 bridgehead atoms. The number of benzene rings is 2. The van der Waals surface area contributed by atoms with Gasteiger partial charge in [0.1, 0.15) is 11.6 Å². The largest absolute Gasteiger partial charge is 0.390 e. The molecule has 0 saturated carbocycles. The van der Waals surface area contributed by atoms with E-state index in [-0.39, 0.29) is 11.6 Å². The lowest BCUT2D eigenvalue weighted by atomic mass is 10.1. The van der Waals surface area contributed by atoms with Crippen LogP contribution in [-0.2, 0) is 6.54 Å². The molecule has 4 rings (SSSR count). The number of β-amino-alcohol motifs (C(OH)–C–C–N with tert-alkyl or cyclic N) is 1. The molecule has 1 aliphatic rings. The first-order chi connectivity index (χ1) is 12.1. The summed E-state index contributed by atoms with van der Waals surface area (Å²) in [7, 11) is 0. The molecular weight excluding hydrogens is 344 g/mol. The predicted molar refractivity (Wildman–Crippen MR) is 97.2 cm³/mol. The molecule has 2 aromatic carbocycles. The first kappa shape index (κ1) is 16.8. The van der Waals surface area contributed by atoms with E-state index in [0.29, 0.717) is 23.9 Å². The second-order valence-electron chi connectivity index (χ2n) is 6.31. The van der Waals surface area contributed by atoms with Gasteiger partial charge >= 0.3 is 0 Å². The highest BCUT2D eigenvalue weighted by Crippen LogP contribution is 2.30. The maximum Gasteiger partial charge on any atom is 0.123 e. The molecule has 0 amide bonds. The fourth-order valence-corrected chi connectivity index (χ4v) is 4.27. The van der Waals surface area contributed by atoms with Crippen LogP contribution in [0.5, 0.6) is 0 Å². The zero-order valence-corrected chi connectivity index (χ0v) is 14.4. The minimum absolute atomic E-state index is 0.354. The van der Waals surface area contributed by atoms with Crippen molar-refractivity contribution in [1.29, 1.82) is 0 Å². The number of nitrogens with one attached hydrogen (secondary N) is 1. The van der Waals surface area contributed by atoms with E-state index in [0.717, 1.165) is 30.5 Å². The van der Waals surface area contributed by atoms with Crippen molar-refractivity contribution in [2.75, 3.05) is 19.6 Å². The number of aliphatic hydroxyl groups is 1. The van der Waals surface area contributed by atoms with Gasteiger partial charge in [0.05, 0.1) is 12.6 Å². The molecule has 1 aromatic heterocycles. The SMILES string of the molecule is OC(CN1CCCNS1)Cn1c2ccc(F)cc2c2cc(F)ccc21. The van der Waals surface area contributed by atoms with Crippen LogP contribution in [0.15, 0.2) is 36.4 Å². The molecule has 132 valence electrons. The van der Waals surface area contributed by atoms with Crippen molar-refractivity contribution in [3.63, 3.8) is 0 Å². The van der Waals surface area contributed by atoms with Crippen LogP contribution < -0.4 is 4.72 Å². The van der Waals surface area contributed by atoms with Crippen molar-refractivity contribution >= 4 is 33.9 Å². The molecule has 4 nitrogen and oxygen atoms in total.